The number of nitrogens with two attached hydrogens (primary N) is 1. The standard InChI is InChI=1S/C20H28F3N3O2/c1-14(2)17(24)18(27)26-11-6-9-16(26)13-25(19(28)20(21,22)23)12-10-15-7-4-3-5-8-15/h3-5,7-8,14,16-17H,6,9-13,24H2,1-2H3/t16-,17-/m0/s1. The van der Waals surface area contributed by atoms with Crippen LogP contribution in [0.5, 0.6) is 0 Å². The average molecular weight is 399 g/mol. The molecule has 2 rings (SSSR count). The third kappa shape index (κ3) is 5.70. The summed E-state index contributed by atoms with van der Waals surface area (Å²) in [6, 6.07) is 7.90. The summed E-state index contributed by atoms with van der Waals surface area (Å²) in [5.41, 5.74) is 6.80. The first-order valence-corrected chi connectivity index (χ1v) is 9.57. The third-order valence-electron chi connectivity index (χ3n) is 5.14. The summed E-state index contributed by atoms with van der Waals surface area (Å²) in [6.45, 7) is 3.91. The van der Waals surface area contributed by atoms with Crippen molar-refractivity contribution in [3.05, 3.63) is 35.9 Å². The molecule has 1 aromatic carbocycles. The van der Waals surface area contributed by atoms with Gasteiger partial charge in [-0.1, -0.05) is 44.2 Å². The number of halogens is 3. The second kappa shape index (κ2) is 9.41. The van der Waals surface area contributed by atoms with Gasteiger partial charge < -0.3 is 15.5 Å². The Bertz CT molecular complexity index is 664. The number of carbonyl (C=O) groups is 2. The number of nitrogens with zero attached hydrogens (tertiary/aromatic N) is 2. The predicted octanol–water partition coefficient (Wildman–Crippen LogP) is 2.59. The van der Waals surface area contributed by atoms with Crippen LogP contribution in [0, 0.1) is 5.92 Å². The van der Waals surface area contributed by atoms with Crippen LogP contribution < -0.4 is 5.73 Å². The van der Waals surface area contributed by atoms with Crippen molar-refractivity contribution in [1.82, 2.24) is 9.80 Å². The molecule has 28 heavy (non-hydrogen) atoms. The molecule has 0 bridgehead atoms. The van der Waals surface area contributed by atoms with Crippen molar-refractivity contribution in [2.75, 3.05) is 19.6 Å². The van der Waals surface area contributed by atoms with Crippen LogP contribution in [0.25, 0.3) is 0 Å². The normalized spacial score (nSPS) is 18.4. The zero-order valence-electron chi connectivity index (χ0n) is 16.3. The van der Waals surface area contributed by atoms with Gasteiger partial charge in [-0.2, -0.15) is 13.2 Å². The number of carbonyl (C=O) groups excluding carboxylic acids is 2. The molecule has 156 valence electrons. The van der Waals surface area contributed by atoms with Crippen molar-refractivity contribution < 1.29 is 22.8 Å². The molecule has 1 saturated heterocycles. The van der Waals surface area contributed by atoms with E-state index in [0.717, 1.165) is 10.5 Å². The van der Waals surface area contributed by atoms with E-state index in [9.17, 15) is 22.8 Å². The van der Waals surface area contributed by atoms with E-state index in [1.54, 1.807) is 17.0 Å². The fraction of sp³-hybridized carbons (Fsp3) is 0.600. The smallest absolute Gasteiger partial charge is 0.337 e. The number of alkyl halides is 3. The summed E-state index contributed by atoms with van der Waals surface area (Å²) in [5, 5.41) is 0. The molecule has 0 aliphatic carbocycles. The topological polar surface area (TPSA) is 66.6 Å². The first-order chi connectivity index (χ1) is 13.1. The van der Waals surface area contributed by atoms with Crippen LogP contribution in [0.1, 0.15) is 32.3 Å². The van der Waals surface area contributed by atoms with Crippen molar-refractivity contribution >= 4 is 11.8 Å². The molecule has 5 nitrogen and oxygen atoms in total. The molecule has 0 saturated carbocycles. The molecule has 1 heterocycles. The minimum atomic E-state index is -4.95. The second-order valence-corrected chi connectivity index (χ2v) is 7.58. The van der Waals surface area contributed by atoms with Gasteiger partial charge in [0.1, 0.15) is 0 Å². The van der Waals surface area contributed by atoms with E-state index >= 15 is 0 Å². The Morgan fingerprint density at radius 3 is 2.46 bits per heavy atom. The minimum Gasteiger partial charge on any atom is -0.337 e. The highest BCUT2D eigenvalue weighted by Gasteiger charge is 2.44. The van der Waals surface area contributed by atoms with E-state index < -0.39 is 24.2 Å². The van der Waals surface area contributed by atoms with Crippen LogP contribution in [0.4, 0.5) is 13.2 Å². The van der Waals surface area contributed by atoms with Gasteiger partial charge in [0.25, 0.3) is 0 Å². The Morgan fingerprint density at radius 2 is 1.89 bits per heavy atom. The van der Waals surface area contributed by atoms with Crippen molar-refractivity contribution in [3.8, 4) is 0 Å². The molecule has 2 atom stereocenters. The first kappa shape index (κ1) is 22.2. The van der Waals surface area contributed by atoms with E-state index in [0.29, 0.717) is 25.8 Å². The van der Waals surface area contributed by atoms with Gasteiger partial charge in [0.05, 0.1) is 6.04 Å². The van der Waals surface area contributed by atoms with Gasteiger partial charge in [-0.05, 0) is 30.7 Å². The van der Waals surface area contributed by atoms with Crippen molar-refractivity contribution in [3.63, 3.8) is 0 Å². The molecule has 1 aromatic rings. The summed E-state index contributed by atoms with van der Waals surface area (Å²) in [4.78, 5) is 26.9. The van der Waals surface area contributed by atoms with Crippen molar-refractivity contribution in [2.24, 2.45) is 11.7 Å². The van der Waals surface area contributed by atoms with Crippen LogP contribution in [-0.4, -0.2) is 59.5 Å². The van der Waals surface area contributed by atoms with Crippen molar-refractivity contribution in [1.29, 1.82) is 0 Å². The third-order valence-corrected chi connectivity index (χ3v) is 5.14. The van der Waals surface area contributed by atoms with E-state index in [1.807, 2.05) is 32.0 Å². The number of benzene rings is 1. The summed E-state index contributed by atoms with van der Waals surface area (Å²) >= 11 is 0. The van der Waals surface area contributed by atoms with Gasteiger partial charge in [-0.3, -0.25) is 9.59 Å². The minimum absolute atomic E-state index is 0.0584. The van der Waals surface area contributed by atoms with Crippen LogP contribution in [0.2, 0.25) is 0 Å². The molecule has 2 amide bonds. The first-order valence-electron chi connectivity index (χ1n) is 9.57. The molecule has 0 unspecified atom stereocenters. The van der Waals surface area contributed by atoms with Gasteiger partial charge in [0.2, 0.25) is 5.91 Å². The molecule has 8 heteroatoms. The molecule has 0 radical (unpaired) electrons. The molecule has 2 N–H and O–H groups in total. The molecule has 1 aliphatic rings. The van der Waals surface area contributed by atoms with E-state index in [2.05, 4.69) is 0 Å². The van der Waals surface area contributed by atoms with E-state index in [4.69, 9.17) is 5.73 Å². The largest absolute Gasteiger partial charge is 0.471 e. The number of likely N-dealkylation sites (tertiary alicyclic amines) is 1. The van der Waals surface area contributed by atoms with E-state index in [-0.39, 0.29) is 24.9 Å². The van der Waals surface area contributed by atoms with Crippen molar-refractivity contribution in [2.45, 2.75) is 51.4 Å². The maximum absolute atomic E-state index is 13.1. The highest BCUT2D eigenvalue weighted by molar-refractivity contribution is 5.83. The lowest BCUT2D eigenvalue weighted by atomic mass is 10.0. The van der Waals surface area contributed by atoms with Crippen LogP contribution >= 0.6 is 0 Å². The maximum atomic E-state index is 13.1. The molecule has 0 spiro atoms. The number of hydrogen-bond acceptors (Lipinski definition) is 3. The monoisotopic (exact) mass is 399 g/mol. The average Bonchev–Trinajstić information content (AvgIpc) is 3.11. The summed E-state index contributed by atoms with van der Waals surface area (Å²) in [7, 11) is 0. The Hall–Kier alpha value is -2.09. The highest BCUT2D eigenvalue weighted by atomic mass is 19.4. The van der Waals surface area contributed by atoms with Gasteiger partial charge in [-0.25, -0.2) is 0 Å². The van der Waals surface area contributed by atoms with Crippen LogP contribution in [0.3, 0.4) is 0 Å². The van der Waals surface area contributed by atoms with Gasteiger partial charge in [0.15, 0.2) is 0 Å². The van der Waals surface area contributed by atoms with Crippen LogP contribution in [0.15, 0.2) is 30.3 Å². The number of amides is 2. The second-order valence-electron chi connectivity index (χ2n) is 7.58. The SMILES string of the molecule is CC(C)[C@H](N)C(=O)N1CCC[C@H]1CN(CCc1ccccc1)C(=O)C(F)(F)F. The van der Waals surface area contributed by atoms with Gasteiger partial charge in [0, 0.05) is 25.7 Å². The van der Waals surface area contributed by atoms with E-state index in [1.165, 1.54) is 0 Å². The highest BCUT2D eigenvalue weighted by Crippen LogP contribution is 2.24. The Kier molecular flexibility index (Phi) is 7.46. The zero-order valence-corrected chi connectivity index (χ0v) is 16.3. The lowest BCUT2D eigenvalue weighted by molar-refractivity contribution is -0.186. The van der Waals surface area contributed by atoms with Gasteiger partial charge in [-0.15, -0.1) is 0 Å². The zero-order chi connectivity index (χ0) is 20.9. The van der Waals surface area contributed by atoms with Crippen LogP contribution in [-0.2, 0) is 16.0 Å². The molecular formula is C20H28F3N3O2. The summed E-state index contributed by atoms with van der Waals surface area (Å²) in [5.74, 6) is -2.20. The lowest BCUT2D eigenvalue weighted by Gasteiger charge is -2.33. The molecule has 1 aliphatic heterocycles. The summed E-state index contributed by atoms with van der Waals surface area (Å²) < 4.78 is 39.3. The molecular weight excluding hydrogens is 371 g/mol. The quantitative estimate of drug-likeness (QED) is 0.767. The predicted molar refractivity (Wildman–Crippen MR) is 100 cm³/mol. The number of hydrogen-bond donors (Lipinski definition) is 1. The Labute approximate surface area is 163 Å². The lowest BCUT2D eigenvalue weighted by Crippen LogP contribution is -2.53. The fourth-order valence-corrected chi connectivity index (χ4v) is 3.41. The fourth-order valence-electron chi connectivity index (χ4n) is 3.41. The van der Waals surface area contributed by atoms with Gasteiger partial charge >= 0.3 is 12.1 Å². The Morgan fingerprint density at radius 1 is 1.25 bits per heavy atom. The number of rotatable bonds is 7. The Balaban J connectivity index is 2.11. The summed E-state index contributed by atoms with van der Waals surface area (Å²) in [6.07, 6.45) is -3.38. The maximum Gasteiger partial charge on any atom is 0.471 e. The molecule has 0 aromatic heterocycles. The molecule has 1 fully saturated rings.